The van der Waals surface area contributed by atoms with E-state index < -0.39 is 0 Å². The molecule has 1 aliphatic heterocycles. The molecule has 0 atom stereocenters. The van der Waals surface area contributed by atoms with Crippen molar-refractivity contribution in [3.05, 3.63) is 33.8 Å². The monoisotopic (exact) mass is 195 g/mol. The highest BCUT2D eigenvalue weighted by Crippen LogP contribution is 2.25. The number of hydrogen-bond acceptors (Lipinski definition) is 2. The van der Waals surface area contributed by atoms with E-state index in [0.717, 1.165) is 5.56 Å². The van der Waals surface area contributed by atoms with Crippen molar-refractivity contribution in [2.24, 2.45) is 0 Å². The number of benzene rings is 1. The number of halogens is 1. The van der Waals surface area contributed by atoms with Crippen molar-refractivity contribution in [3.8, 4) is 0 Å². The van der Waals surface area contributed by atoms with Crippen LogP contribution < -0.4 is 5.32 Å². The van der Waals surface area contributed by atoms with Crippen LogP contribution in [-0.2, 0) is 6.54 Å². The van der Waals surface area contributed by atoms with Crippen LogP contribution in [0.15, 0.2) is 12.1 Å². The summed E-state index contributed by atoms with van der Waals surface area (Å²) >= 11 is 5.87. The molecule has 1 aliphatic rings. The maximum Gasteiger partial charge on any atom is 0.251 e. The highest BCUT2D eigenvalue weighted by molar-refractivity contribution is 6.32. The van der Waals surface area contributed by atoms with E-state index in [-0.39, 0.29) is 5.91 Å². The third-order valence-electron chi connectivity index (χ3n) is 2.02. The summed E-state index contributed by atoms with van der Waals surface area (Å²) in [6.07, 6.45) is 0.678. The molecule has 1 heterocycles. The number of rotatable bonds is 1. The Morgan fingerprint density at radius 3 is 2.92 bits per heavy atom. The molecule has 1 N–H and O–H groups in total. The minimum absolute atomic E-state index is 0.166. The van der Waals surface area contributed by atoms with E-state index in [1.807, 2.05) is 0 Å². The zero-order valence-corrected chi connectivity index (χ0v) is 7.39. The number of fused-ring (bicyclic) bond motifs is 1. The van der Waals surface area contributed by atoms with Crippen molar-refractivity contribution in [2.75, 3.05) is 0 Å². The van der Waals surface area contributed by atoms with E-state index in [1.165, 1.54) is 0 Å². The van der Waals surface area contributed by atoms with Crippen LogP contribution >= 0.6 is 11.6 Å². The van der Waals surface area contributed by atoms with Crippen LogP contribution in [-0.4, -0.2) is 12.2 Å². The number of nitrogens with one attached hydrogen (secondary N) is 1. The average molecular weight is 196 g/mol. The largest absolute Gasteiger partial charge is 0.348 e. The highest BCUT2D eigenvalue weighted by Gasteiger charge is 2.21. The van der Waals surface area contributed by atoms with Crippen molar-refractivity contribution >= 4 is 23.8 Å². The maximum absolute atomic E-state index is 11.2. The smallest absolute Gasteiger partial charge is 0.251 e. The number of carbonyl (C=O) groups excluding carboxylic acids is 2. The lowest BCUT2D eigenvalue weighted by Gasteiger charge is -1.99. The fraction of sp³-hybridized carbons (Fsp3) is 0.111. The summed E-state index contributed by atoms with van der Waals surface area (Å²) in [6.45, 7) is 0.451. The summed E-state index contributed by atoms with van der Waals surface area (Å²) in [5, 5.41) is 3.11. The average Bonchev–Trinajstić information content (AvgIpc) is 2.48. The third-order valence-corrected chi connectivity index (χ3v) is 2.36. The standard InChI is InChI=1S/C9H6ClNO2/c10-8-2-5(4-12)1-6-7(8)3-11-9(6)13/h1-2,4H,3H2,(H,11,13). The van der Waals surface area contributed by atoms with E-state index in [4.69, 9.17) is 11.6 Å². The summed E-state index contributed by atoms with van der Waals surface area (Å²) in [5.74, 6) is -0.166. The van der Waals surface area contributed by atoms with E-state index in [0.29, 0.717) is 29.0 Å². The van der Waals surface area contributed by atoms with Crippen LogP contribution in [0.3, 0.4) is 0 Å². The van der Waals surface area contributed by atoms with Crippen LogP contribution in [0.5, 0.6) is 0 Å². The van der Waals surface area contributed by atoms with Gasteiger partial charge in [0.25, 0.3) is 5.91 Å². The van der Waals surface area contributed by atoms with E-state index in [1.54, 1.807) is 12.1 Å². The van der Waals surface area contributed by atoms with Crippen molar-refractivity contribution in [2.45, 2.75) is 6.54 Å². The van der Waals surface area contributed by atoms with Gasteiger partial charge in [0.1, 0.15) is 6.29 Å². The number of amides is 1. The van der Waals surface area contributed by atoms with Crippen molar-refractivity contribution < 1.29 is 9.59 Å². The molecular formula is C9H6ClNO2. The van der Waals surface area contributed by atoms with Gasteiger partial charge >= 0.3 is 0 Å². The fourth-order valence-electron chi connectivity index (χ4n) is 1.37. The predicted octanol–water partition coefficient (Wildman–Crippen LogP) is 1.40. The quantitative estimate of drug-likeness (QED) is 0.689. The van der Waals surface area contributed by atoms with Crippen LogP contribution in [0.4, 0.5) is 0 Å². The first-order chi connectivity index (χ1) is 6.22. The Labute approximate surface area is 79.7 Å². The Morgan fingerprint density at radius 2 is 2.23 bits per heavy atom. The molecule has 0 bridgehead atoms. The van der Waals surface area contributed by atoms with Crippen LogP contribution in [0.1, 0.15) is 26.3 Å². The molecule has 0 spiro atoms. The predicted molar refractivity (Wildman–Crippen MR) is 48.0 cm³/mol. The Balaban J connectivity index is 2.66. The van der Waals surface area contributed by atoms with Gasteiger partial charge in [-0.1, -0.05) is 11.6 Å². The Bertz CT molecular complexity index is 401. The molecule has 66 valence electrons. The van der Waals surface area contributed by atoms with Gasteiger partial charge in [-0.2, -0.15) is 0 Å². The summed E-state index contributed by atoms with van der Waals surface area (Å²) in [4.78, 5) is 21.7. The van der Waals surface area contributed by atoms with Gasteiger partial charge < -0.3 is 5.32 Å². The molecule has 13 heavy (non-hydrogen) atoms. The van der Waals surface area contributed by atoms with Crippen molar-refractivity contribution in [1.82, 2.24) is 5.32 Å². The summed E-state index contributed by atoms with van der Waals surface area (Å²) in [7, 11) is 0. The Morgan fingerprint density at radius 1 is 1.46 bits per heavy atom. The van der Waals surface area contributed by atoms with Crippen LogP contribution in [0.2, 0.25) is 5.02 Å². The molecule has 1 aromatic carbocycles. The lowest BCUT2D eigenvalue weighted by atomic mass is 10.1. The molecule has 0 unspecified atom stereocenters. The van der Waals surface area contributed by atoms with Gasteiger partial charge in [0.05, 0.1) is 0 Å². The molecule has 0 aliphatic carbocycles. The molecule has 0 fully saturated rings. The van der Waals surface area contributed by atoms with Gasteiger partial charge in [-0.3, -0.25) is 9.59 Å². The van der Waals surface area contributed by atoms with Gasteiger partial charge in [0.15, 0.2) is 0 Å². The van der Waals surface area contributed by atoms with Crippen molar-refractivity contribution in [1.29, 1.82) is 0 Å². The Hall–Kier alpha value is -1.35. The number of hydrogen-bond donors (Lipinski definition) is 1. The summed E-state index contributed by atoms with van der Waals surface area (Å²) in [6, 6.07) is 3.12. The minimum Gasteiger partial charge on any atom is -0.348 e. The third kappa shape index (κ3) is 1.21. The molecule has 1 aromatic rings. The molecule has 0 saturated carbocycles. The van der Waals surface area contributed by atoms with Crippen LogP contribution in [0, 0.1) is 0 Å². The van der Waals surface area contributed by atoms with Crippen LogP contribution in [0.25, 0.3) is 0 Å². The second-order valence-electron chi connectivity index (χ2n) is 2.83. The first kappa shape index (κ1) is 8.26. The van der Waals surface area contributed by atoms with E-state index in [2.05, 4.69) is 5.32 Å². The fourth-order valence-corrected chi connectivity index (χ4v) is 1.67. The number of aldehydes is 1. The molecule has 0 radical (unpaired) electrons. The highest BCUT2D eigenvalue weighted by atomic mass is 35.5. The molecule has 1 amide bonds. The Kier molecular flexibility index (Phi) is 1.81. The first-order valence-electron chi connectivity index (χ1n) is 3.78. The van der Waals surface area contributed by atoms with E-state index >= 15 is 0 Å². The van der Waals surface area contributed by atoms with Gasteiger partial charge in [0.2, 0.25) is 0 Å². The summed E-state index contributed by atoms with van der Waals surface area (Å²) in [5.41, 5.74) is 1.72. The van der Waals surface area contributed by atoms with Gasteiger partial charge in [-0.05, 0) is 12.1 Å². The zero-order valence-electron chi connectivity index (χ0n) is 6.63. The van der Waals surface area contributed by atoms with E-state index in [9.17, 15) is 9.59 Å². The van der Waals surface area contributed by atoms with Gasteiger partial charge in [-0.15, -0.1) is 0 Å². The summed E-state index contributed by atoms with van der Waals surface area (Å²) < 4.78 is 0. The van der Waals surface area contributed by atoms with Gasteiger partial charge in [-0.25, -0.2) is 0 Å². The number of carbonyl (C=O) groups is 2. The second kappa shape index (κ2) is 2.85. The van der Waals surface area contributed by atoms with Gasteiger partial charge in [0, 0.05) is 28.3 Å². The zero-order chi connectivity index (χ0) is 9.42. The topological polar surface area (TPSA) is 46.2 Å². The molecule has 0 saturated heterocycles. The van der Waals surface area contributed by atoms with Crippen molar-refractivity contribution in [3.63, 3.8) is 0 Å². The maximum atomic E-state index is 11.2. The molecule has 3 nitrogen and oxygen atoms in total. The first-order valence-corrected chi connectivity index (χ1v) is 4.16. The second-order valence-corrected chi connectivity index (χ2v) is 3.24. The lowest BCUT2D eigenvalue weighted by Crippen LogP contribution is -2.12. The normalized spacial score (nSPS) is 13.8. The molecular weight excluding hydrogens is 190 g/mol. The molecule has 0 aromatic heterocycles. The lowest BCUT2D eigenvalue weighted by molar-refractivity contribution is 0.0965. The minimum atomic E-state index is -0.166. The molecule has 4 heteroatoms. The SMILES string of the molecule is O=Cc1cc(Cl)c2c(c1)C(=O)NC2. The molecule has 2 rings (SSSR count).